The quantitative estimate of drug-likeness (QED) is 0.874. The van der Waals surface area contributed by atoms with Crippen LogP contribution >= 0.6 is 11.3 Å². The van der Waals surface area contributed by atoms with E-state index in [0.29, 0.717) is 6.54 Å². The zero-order valence-corrected chi connectivity index (χ0v) is 13.8. The van der Waals surface area contributed by atoms with E-state index in [9.17, 15) is 4.79 Å². The van der Waals surface area contributed by atoms with Crippen molar-refractivity contribution in [1.82, 2.24) is 10.3 Å². The average molecular weight is 308 g/mol. The number of amides is 1. The van der Waals surface area contributed by atoms with Gasteiger partial charge in [-0.2, -0.15) is 0 Å². The summed E-state index contributed by atoms with van der Waals surface area (Å²) < 4.78 is 0. The van der Waals surface area contributed by atoms with Crippen LogP contribution in [0.1, 0.15) is 50.2 Å². The Morgan fingerprint density at radius 3 is 3.00 bits per heavy atom. The van der Waals surface area contributed by atoms with Crippen molar-refractivity contribution in [3.8, 4) is 0 Å². The van der Waals surface area contributed by atoms with Crippen molar-refractivity contribution in [3.63, 3.8) is 0 Å². The lowest BCUT2D eigenvalue weighted by atomic mass is 9.77. The number of nitrogens with two attached hydrogens (primary N) is 1. The molecule has 0 radical (unpaired) electrons. The summed E-state index contributed by atoms with van der Waals surface area (Å²) in [5.41, 5.74) is 7.68. The number of thiazole rings is 1. The molecule has 0 aromatic carbocycles. The van der Waals surface area contributed by atoms with E-state index in [1.165, 1.54) is 4.88 Å². The van der Waals surface area contributed by atoms with E-state index < -0.39 is 0 Å². The van der Waals surface area contributed by atoms with E-state index in [-0.39, 0.29) is 23.4 Å². The van der Waals surface area contributed by atoms with E-state index in [2.05, 4.69) is 24.1 Å². The second-order valence-corrected chi connectivity index (χ2v) is 7.88. The third kappa shape index (κ3) is 2.66. The van der Waals surface area contributed by atoms with Gasteiger partial charge in [-0.3, -0.25) is 4.79 Å². The predicted octanol–water partition coefficient (Wildman–Crippen LogP) is 1.83. The van der Waals surface area contributed by atoms with Crippen molar-refractivity contribution in [3.05, 3.63) is 10.6 Å². The minimum Gasteiger partial charge on any atom is -0.353 e. The second-order valence-electron chi connectivity index (χ2n) is 6.87. The molecule has 0 bridgehead atoms. The van der Waals surface area contributed by atoms with Gasteiger partial charge in [-0.1, -0.05) is 32.1 Å². The number of aromatic nitrogens is 1. The van der Waals surface area contributed by atoms with E-state index in [1.807, 2.05) is 6.92 Å². The van der Waals surface area contributed by atoms with Crippen LogP contribution in [-0.2, 0) is 11.2 Å². The lowest BCUT2D eigenvalue weighted by Crippen LogP contribution is -2.55. The Balaban J connectivity index is 1.92. The molecule has 6 heteroatoms. The lowest BCUT2D eigenvalue weighted by molar-refractivity contribution is -0.123. The third-order valence-electron chi connectivity index (χ3n) is 4.43. The highest BCUT2D eigenvalue weighted by atomic mass is 32.1. The molecule has 1 amide bonds. The van der Waals surface area contributed by atoms with Crippen LogP contribution < -0.4 is 16.0 Å². The van der Waals surface area contributed by atoms with Gasteiger partial charge in [0.2, 0.25) is 5.91 Å². The van der Waals surface area contributed by atoms with Gasteiger partial charge in [-0.25, -0.2) is 4.98 Å². The first-order valence-electron chi connectivity index (χ1n) is 7.71. The highest BCUT2D eigenvalue weighted by Gasteiger charge is 2.36. The maximum atomic E-state index is 12.0. The van der Waals surface area contributed by atoms with Gasteiger partial charge in [-0.05, 0) is 24.7 Å². The summed E-state index contributed by atoms with van der Waals surface area (Å²) in [6, 6.07) is -0.0238. The van der Waals surface area contributed by atoms with E-state index >= 15 is 0 Å². The fourth-order valence-electron chi connectivity index (χ4n) is 3.45. The number of fused-ring (bicyclic) bond motifs is 1. The molecule has 5 nitrogen and oxygen atoms in total. The predicted molar refractivity (Wildman–Crippen MR) is 85.6 cm³/mol. The molecule has 21 heavy (non-hydrogen) atoms. The lowest BCUT2D eigenvalue weighted by Gasteiger charge is -2.34. The van der Waals surface area contributed by atoms with Gasteiger partial charge in [0.15, 0.2) is 5.13 Å². The van der Waals surface area contributed by atoms with E-state index in [1.54, 1.807) is 11.3 Å². The maximum absolute atomic E-state index is 12.0. The van der Waals surface area contributed by atoms with Crippen molar-refractivity contribution in [2.24, 2.45) is 11.1 Å². The van der Waals surface area contributed by atoms with Gasteiger partial charge >= 0.3 is 0 Å². The summed E-state index contributed by atoms with van der Waals surface area (Å²) in [5.74, 6) is 0.113. The van der Waals surface area contributed by atoms with Crippen LogP contribution in [0.4, 0.5) is 5.13 Å². The zero-order chi connectivity index (χ0) is 15.2. The molecule has 2 aliphatic rings. The minimum atomic E-state index is -0.101. The fourth-order valence-corrected chi connectivity index (χ4v) is 4.61. The van der Waals surface area contributed by atoms with Gasteiger partial charge in [0.05, 0.1) is 5.69 Å². The highest BCUT2D eigenvalue weighted by Crippen LogP contribution is 2.44. The summed E-state index contributed by atoms with van der Waals surface area (Å²) in [5, 5.41) is 3.91. The van der Waals surface area contributed by atoms with Crippen molar-refractivity contribution >= 4 is 22.4 Å². The van der Waals surface area contributed by atoms with Crippen LogP contribution in [0.5, 0.6) is 0 Å². The molecule has 1 aromatic heterocycles. The molecular formula is C15H24N4OS. The first-order chi connectivity index (χ1) is 9.91. The Bertz CT molecular complexity index is 554. The summed E-state index contributed by atoms with van der Waals surface area (Å²) in [6.07, 6.45) is 2.77. The molecule has 1 aromatic rings. The summed E-state index contributed by atoms with van der Waals surface area (Å²) in [7, 11) is 0. The van der Waals surface area contributed by atoms with Crippen LogP contribution in [0.15, 0.2) is 0 Å². The Hall–Kier alpha value is -1.14. The average Bonchev–Trinajstić information content (AvgIpc) is 2.80. The number of nitrogens with zero attached hydrogens (tertiary/aromatic N) is 2. The summed E-state index contributed by atoms with van der Waals surface area (Å²) in [6.45, 7) is 8.06. The number of rotatable bonds is 2. The minimum absolute atomic E-state index is 0.0775. The van der Waals surface area contributed by atoms with Crippen LogP contribution in [-0.4, -0.2) is 30.0 Å². The molecule has 3 rings (SSSR count). The number of carbonyl (C=O) groups is 1. The molecule has 2 atom stereocenters. The van der Waals surface area contributed by atoms with Crippen LogP contribution in [0, 0.1) is 5.41 Å². The normalized spacial score (nSPS) is 28.2. The fraction of sp³-hybridized carbons (Fsp3) is 0.733. The number of carbonyl (C=O) groups excluding carboxylic acids is 1. The molecule has 1 fully saturated rings. The van der Waals surface area contributed by atoms with Gasteiger partial charge in [-0.15, -0.1) is 0 Å². The SMILES string of the molecule is CCC1C(=O)NCCN1c1nc2c(s1)C(N)CC(C)(C)C2. The number of anilines is 1. The molecule has 1 saturated heterocycles. The van der Waals surface area contributed by atoms with Crippen LogP contribution in [0.2, 0.25) is 0 Å². The Kier molecular flexibility index (Phi) is 3.69. The number of nitrogens with one attached hydrogen (secondary N) is 1. The van der Waals surface area contributed by atoms with Crippen molar-refractivity contribution in [2.75, 3.05) is 18.0 Å². The Morgan fingerprint density at radius 2 is 2.29 bits per heavy atom. The molecular weight excluding hydrogens is 284 g/mol. The molecule has 0 spiro atoms. The van der Waals surface area contributed by atoms with E-state index in [4.69, 9.17) is 10.7 Å². The number of piperazine rings is 1. The zero-order valence-electron chi connectivity index (χ0n) is 13.0. The van der Waals surface area contributed by atoms with Crippen molar-refractivity contribution < 1.29 is 4.79 Å². The molecule has 2 heterocycles. The Labute approximate surface area is 129 Å². The third-order valence-corrected chi connectivity index (χ3v) is 5.70. The maximum Gasteiger partial charge on any atom is 0.242 e. The van der Waals surface area contributed by atoms with Gasteiger partial charge in [0.25, 0.3) is 0 Å². The van der Waals surface area contributed by atoms with Gasteiger partial charge < -0.3 is 16.0 Å². The summed E-state index contributed by atoms with van der Waals surface area (Å²) in [4.78, 5) is 20.2. The highest BCUT2D eigenvalue weighted by molar-refractivity contribution is 7.15. The van der Waals surface area contributed by atoms with Gasteiger partial charge in [0.1, 0.15) is 6.04 Å². The Morgan fingerprint density at radius 1 is 1.52 bits per heavy atom. The standard InChI is InChI=1S/C15H24N4OS/c1-4-11-13(20)17-5-6-19(11)14-18-10-8-15(2,3)7-9(16)12(10)21-14/h9,11H,4-8,16H2,1-3H3,(H,17,20). The smallest absolute Gasteiger partial charge is 0.242 e. The molecule has 3 N–H and O–H groups in total. The monoisotopic (exact) mass is 308 g/mol. The molecule has 1 aliphatic heterocycles. The van der Waals surface area contributed by atoms with Crippen LogP contribution in [0.3, 0.4) is 0 Å². The van der Waals surface area contributed by atoms with Crippen molar-refractivity contribution in [2.45, 2.75) is 52.1 Å². The van der Waals surface area contributed by atoms with Crippen molar-refractivity contribution in [1.29, 1.82) is 0 Å². The molecule has 0 saturated carbocycles. The van der Waals surface area contributed by atoms with Gasteiger partial charge in [0, 0.05) is 24.0 Å². The second kappa shape index (κ2) is 5.25. The summed E-state index contributed by atoms with van der Waals surface area (Å²) >= 11 is 1.68. The number of hydrogen-bond donors (Lipinski definition) is 2. The van der Waals surface area contributed by atoms with Crippen LogP contribution in [0.25, 0.3) is 0 Å². The molecule has 2 unspecified atom stereocenters. The molecule has 116 valence electrons. The first kappa shape index (κ1) is 14.8. The first-order valence-corrected chi connectivity index (χ1v) is 8.52. The topological polar surface area (TPSA) is 71.2 Å². The van der Waals surface area contributed by atoms with E-state index in [0.717, 1.165) is 36.6 Å². The largest absolute Gasteiger partial charge is 0.353 e. The number of hydrogen-bond acceptors (Lipinski definition) is 5. The molecule has 1 aliphatic carbocycles.